The highest BCUT2D eigenvalue weighted by Gasteiger charge is 2.24. The number of fused-ring (bicyclic) bond motifs is 1. The average Bonchev–Trinajstić information content (AvgIpc) is 3.42. The van der Waals surface area contributed by atoms with Crippen molar-refractivity contribution >= 4 is 23.1 Å². The second-order valence-electron chi connectivity index (χ2n) is 7.05. The molecular weight excluding hydrogens is 388 g/mol. The summed E-state index contributed by atoms with van der Waals surface area (Å²) < 4.78 is 10.7. The zero-order chi connectivity index (χ0) is 19.8. The van der Waals surface area contributed by atoms with Gasteiger partial charge in [-0.25, -0.2) is 9.97 Å². The Morgan fingerprint density at radius 3 is 2.62 bits per heavy atom. The summed E-state index contributed by atoms with van der Waals surface area (Å²) in [5.41, 5.74) is 2.68. The molecule has 0 atom stereocenters. The Hall–Kier alpha value is -3.13. The van der Waals surface area contributed by atoms with Crippen molar-refractivity contribution in [1.29, 1.82) is 0 Å². The van der Waals surface area contributed by atoms with E-state index in [2.05, 4.69) is 20.9 Å². The van der Waals surface area contributed by atoms with Crippen LogP contribution < -0.4 is 14.4 Å². The molecule has 2 aliphatic rings. The van der Waals surface area contributed by atoms with E-state index < -0.39 is 0 Å². The molecule has 0 bridgehead atoms. The molecule has 5 rings (SSSR count). The summed E-state index contributed by atoms with van der Waals surface area (Å²) in [5, 5.41) is 3.03. The number of benzene rings is 1. The van der Waals surface area contributed by atoms with Crippen LogP contribution in [0.5, 0.6) is 11.5 Å². The predicted molar refractivity (Wildman–Crippen MR) is 111 cm³/mol. The molecule has 1 fully saturated rings. The van der Waals surface area contributed by atoms with E-state index in [1.165, 1.54) is 0 Å². The summed E-state index contributed by atoms with van der Waals surface area (Å²) in [7, 11) is 0. The first-order valence-corrected chi connectivity index (χ1v) is 10.4. The molecule has 1 aromatic carbocycles. The lowest BCUT2D eigenvalue weighted by Crippen LogP contribution is -2.49. The Balaban J connectivity index is 1.23. The molecule has 1 amide bonds. The van der Waals surface area contributed by atoms with Gasteiger partial charge < -0.3 is 19.3 Å². The highest BCUT2D eigenvalue weighted by molar-refractivity contribution is 7.13. The molecule has 0 unspecified atom stereocenters. The van der Waals surface area contributed by atoms with E-state index in [0.29, 0.717) is 30.2 Å². The standard InChI is InChI=1S/C21H20N4O3S/c1-14-12-29-20(23-14)16-3-5-19(22-11-16)24-6-8-25(9-7-24)21(26)15-2-4-17-18(10-15)28-13-27-17/h2-5,10-12H,6-9,13H2,1H3. The minimum atomic E-state index is 0.0189. The number of carbonyl (C=O) groups excluding carboxylic acids is 1. The largest absolute Gasteiger partial charge is 0.454 e. The van der Waals surface area contributed by atoms with E-state index in [9.17, 15) is 4.79 Å². The van der Waals surface area contributed by atoms with Crippen molar-refractivity contribution in [3.8, 4) is 22.1 Å². The van der Waals surface area contributed by atoms with Crippen molar-refractivity contribution in [2.75, 3.05) is 37.9 Å². The molecular formula is C21H20N4O3S. The Labute approximate surface area is 172 Å². The van der Waals surface area contributed by atoms with Crippen LogP contribution in [-0.4, -0.2) is 53.7 Å². The monoisotopic (exact) mass is 408 g/mol. The molecule has 1 saturated heterocycles. The number of nitrogens with zero attached hydrogens (tertiary/aromatic N) is 4. The second kappa shape index (κ2) is 7.36. The number of hydrogen-bond acceptors (Lipinski definition) is 7. The van der Waals surface area contributed by atoms with Gasteiger partial charge >= 0.3 is 0 Å². The lowest BCUT2D eigenvalue weighted by Gasteiger charge is -2.35. The van der Waals surface area contributed by atoms with E-state index in [4.69, 9.17) is 9.47 Å². The van der Waals surface area contributed by atoms with Crippen molar-refractivity contribution in [1.82, 2.24) is 14.9 Å². The van der Waals surface area contributed by atoms with Crippen LogP contribution in [-0.2, 0) is 0 Å². The third-order valence-electron chi connectivity index (χ3n) is 5.12. The van der Waals surface area contributed by atoms with Crippen molar-refractivity contribution < 1.29 is 14.3 Å². The van der Waals surface area contributed by atoms with Crippen LogP contribution in [0.3, 0.4) is 0 Å². The van der Waals surface area contributed by atoms with E-state index in [1.54, 1.807) is 29.5 Å². The van der Waals surface area contributed by atoms with Crippen LogP contribution in [0, 0.1) is 6.92 Å². The molecule has 0 aliphatic carbocycles. The van der Waals surface area contributed by atoms with Gasteiger partial charge in [0.2, 0.25) is 6.79 Å². The van der Waals surface area contributed by atoms with Gasteiger partial charge in [-0.2, -0.15) is 0 Å². The minimum Gasteiger partial charge on any atom is -0.454 e. The summed E-state index contributed by atoms with van der Waals surface area (Å²) in [6.45, 7) is 5.01. The van der Waals surface area contributed by atoms with E-state index >= 15 is 0 Å². The summed E-state index contributed by atoms with van der Waals surface area (Å²) in [6, 6.07) is 9.44. The maximum Gasteiger partial charge on any atom is 0.254 e. The molecule has 4 heterocycles. The summed E-state index contributed by atoms with van der Waals surface area (Å²) in [6.07, 6.45) is 1.87. The van der Waals surface area contributed by atoms with Gasteiger partial charge in [-0.05, 0) is 37.3 Å². The van der Waals surface area contributed by atoms with E-state index in [-0.39, 0.29) is 12.7 Å². The number of thiazole rings is 1. The fourth-order valence-corrected chi connectivity index (χ4v) is 4.33. The van der Waals surface area contributed by atoms with Crippen molar-refractivity contribution in [2.45, 2.75) is 6.92 Å². The molecule has 7 nitrogen and oxygen atoms in total. The fourth-order valence-electron chi connectivity index (χ4n) is 3.54. The number of carbonyl (C=O) groups is 1. The molecule has 0 spiro atoms. The van der Waals surface area contributed by atoms with Crippen LogP contribution in [0.25, 0.3) is 10.6 Å². The van der Waals surface area contributed by atoms with E-state index in [1.807, 2.05) is 29.5 Å². The summed E-state index contributed by atoms with van der Waals surface area (Å²) in [5.74, 6) is 2.27. The smallest absolute Gasteiger partial charge is 0.254 e. The van der Waals surface area contributed by atoms with Gasteiger partial charge in [0.25, 0.3) is 5.91 Å². The SMILES string of the molecule is Cc1csc(-c2ccc(N3CCN(C(=O)c4ccc5c(c4)OCO5)CC3)nc2)n1. The van der Waals surface area contributed by atoms with Gasteiger partial charge in [0.15, 0.2) is 11.5 Å². The number of rotatable bonds is 3. The summed E-state index contributed by atoms with van der Waals surface area (Å²) in [4.78, 5) is 26.0. The maximum absolute atomic E-state index is 12.8. The Bertz CT molecular complexity index is 1040. The van der Waals surface area contributed by atoms with Gasteiger partial charge in [-0.15, -0.1) is 11.3 Å². The Morgan fingerprint density at radius 1 is 1.07 bits per heavy atom. The van der Waals surface area contributed by atoms with Crippen LogP contribution in [0.4, 0.5) is 5.82 Å². The number of ether oxygens (including phenoxy) is 2. The molecule has 0 radical (unpaired) electrons. The fraction of sp³-hybridized carbons (Fsp3) is 0.286. The average molecular weight is 408 g/mol. The third-order valence-corrected chi connectivity index (χ3v) is 6.13. The first-order chi connectivity index (χ1) is 14.2. The highest BCUT2D eigenvalue weighted by atomic mass is 32.1. The first-order valence-electron chi connectivity index (χ1n) is 9.50. The number of anilines is 1. The van der Waals surface area contributed by atoms with Gasteiger partial charge in [-0.3, -0.25) is 4.79 Å². The second-order valence-corrected chi connectivity index (χ2v) is 7.90. The van der Waals surface area contributed by atoms with Crippen LogP contribution in [0.2, 0.25) is 0 Å². The molecule has 0 N–H and O–H groups in total. The zero-order valence-corrected chi connectivity index (χ0v) is 16.8. The van der Waals surface area contributed by atoms with E-state index in [0.717, 1.165) is 35.2 Å². The maximum atomic E-state index is 12.8. The molecule has 29 heavy (non-hydrogen) atoms. The number of pyridine rings is 1. The Kier molecular flexibility index (Phi) is 4.55. The molecule has 0 saturated carbocycles. The number of amides is 1. The molecule has 2 aliphatic heterocycles. The highest BCUT2D eigenvalue weighted by Crippen LogP contribution is 2.33. The summed E-state index contributed by atoms with van der Waals surface area (Å²) >= 11 is 1.63. The normalized spacial score (nSPS) is 15.6. The third kappa shape index (κ3) is 3.51. The molecule has 8 heteroatoms. The van der Waals surface area contributed by atoms with Crippen molar-refractivity contribution in [2.24, 2.45) is 0 Å². The van der Waals surface area contributed by atoms with Crippen LogP contribution in [0.1, 0.15) is 16.1 Å². The lowest BCUT2D eigenvalue weighted by molar-refractivity contribution is 0.0746. The van der Waals surface area contributed by atoms with Crippen LogP contribution in [0.15, 0.2) is 41.9 Å². The van der Waals surface area contributed by atoms with Gasteiger partial charge in [-0.1, -0.05) is 0 Å². The molecule has 2 aromatic heterocycles. The predicted octanol–water partition coefficient (Wildman–Crippen LogP) is 3.20. The first kappa shape index (κ1) is 17.9. The molecule has 148 valence electrons. The number of aryl methyl sites for hydroxylation is 1. The van der Waals surface area contributed by atoms with Crippen molar-refractivity contribution in [3.05, 3.63) is 53.2 Å². The Morgan fingerprint density at radius 2 is 1.90 bits per heavy atom. The van der Waals surface area contributed by atoms with Gasteiger partial charge in [0, 0.05) is 54.6 Å². The minimum absolute atomic E-state index is 0.0189. The van der Waals surface area contributed by atoms with Crippen LogP contribution >= 0.6 is 11.3 Å². The van der Waals surface area contributed by atoms with Crippen molar-refractivity contribution in [3.63, 3.8) is 0 Å². The number of hydrogen-bond donors (Lipinski definition) is 0. The quantitative estimate of drug-likeness (QED) is 0.663. The molecule has 3 aromatic rings. The lowest BCUT2D eigenvalue weighted by atomic mass is 10.1. The number of aromatic nitrogens is 2. The van der Waals surface area contributed by atoms with Gasteiger partial charge in [0.05, 0.1) is 0 Å². The zero-order valence-electron chi connectivity index (χ0n) is 16.0. The number of piperazine rings is 1. The topological polar surface area (TPSA) is 67.8 Å². The van der Waals surface area contributed by atoms with Gasteiger partial charge in [0.1, 0.15) is 10.8 Å².